The van der Waals surface area contributed by atoms with Crippen molar-refractivity contribution in [3.05, 3.63) is 84.4 Å². The van der Waals surface area contributed by atoms with E-state index < -0.39 is 0 Å². The van der Waals surface area contributed by atoms with Gasteiger partial charge in [0.1, 0.15) is 0 Å². The molecular formula is C20H18N2S. The predicted molar refractivity (Wildman–Crippen MR) is 101 cm³/mol. The molecule has 0 spiro atoms. The van der Waals surface area contributed by atoms with Gasteiger partial charge in [-0.25, -0.2) is 0 Å². The Kier molecular flexibility index (Phi) is 5.12. The molecule has 0 fully saturated rings. The van der Waals surface area contributed by atoms with Gasteiger partial charge in [-0.15, -0.1) is 11.8 Å². The first-order valence-electron chi connectivity index (χ1n) is 7.44. The predicted octanol–water partition coefficient (Wildman–Crippen LogP) is 5.52. The molecule has 0 aliphatic carbocycles. The van der Waals surface area contributed by atoms with E-state index in [1.165, 1.54) is 16.0 Å². The van der Waals surface area contributed by atoms with Crippen LogP contribution in [0, 0.1) is 0 Å². The van der Waals surface area contributed by atoms with Crippen molar-refractivity contribution in [1.82, 2.24) is 0 Å². The molecule has 2 nitrogen and oxygen atoms in total. The first kappa shape index (κ1) is 15.4. The summed E-state index contributed by atoms with van der Waals surface area (Å²) in [7, 11) is 0. The van der Waals surface area contributed by atoms with E-state index in [2.05, 4.69) is 59.2 Å². The van der Waals surface area contributed by atoms with Crippen molar-refractivity contribution in [2.75, 3.05) is 11.7 Å². The molecule has 3 rings (SSSR count). The first-order chi connectivity index (χ1) is 11.4. The van der Waals surface area contributed by atoms with Gasteiger partial charge < -0.3 is 0 Å². The van der Waals surface area contributed by atoms with E-state index in [4.69, 9.17) is 0 Å². The van der Waals surface area contributed by atoms with Crippen LogP contribution in [0.25, 0.3) is 11.1 Å². The van der Waals surface area contributed by atoms with E-state index in [-0.39, 0.29) is 0 Å². The largest absolute Gasteiger partial charge is 0.279 e. The van der Waals surface area contributed by atoms with E-state index in [9.17, 15) is 0 Å². The zero-order valence-corrected chi connectivity index (χ0v) is 13.8. The number of para-hydroxylation sites is 1. The van der Waals surface area contributed by atoms with Crippen molar-refractivity contribution in [2.24, 2.45) is 5.10 Å². The molecule has 23 heavy (non-hydrogen) atoms. The molecule has 0 unspecified atom stereocenters. The highest BCUT2D eigenvalue weighted by molar-refractivity contribution is 7.98. The molecule has 0 atom stereocenters. The van der Waals surface area contributed by atoms with Crippen molar-refractivity contribution >= 4 is 23.7 Å². The number of anilines is 1. The van der Waals surface area contributed by atoms with Crippen molar-refractivity contribution in [3.63, 3.8) is 0 Å². The van der Waals surface area contributed by atoms with Gasteiger partial charge in [-0.2, -0.15) is 5.10 Å². The van der Waals surface area contributed by atoms with Gasteiger partial charge in [0.25, 0.3) is 0 Å². The fraction of sp³-hybridized carbons (Fsp3) is 0.0500. The van der Waals surface area contributed by atoms with Crippen LogP contribution in [-0.4, -0.2) is 12.5 Å². The van der Waals surface area contributed by atoms with Gasteiger partial charge in [-0.05, 0) is 41.6 Å². The molecule has 114 valence electrons. The second kappa shape index (κ2) is 7.65. The summed E-state index contributed by atoms with van der Waals surface area (Å²) < 4.78 is 0. The zero-order chi connectivity index (χ0) is 15.9. The van der Waals surface area contributed by atoms with E-state index >= 15 is 0 Å². The number of hydrogen-bond donors (Lipinski definition) is 1. The van der Waals surface area contributed by atoms with E-state index in [0.717, 1.165) is 11.3 Å². The summed E-state index contributed by atoms with van der Waals surface area (Å²) in [5, 5.41) is 4.35. The molecule has 0 aromatic heterocycles. The number of nitrogens with one attached hydrogen (secondary N) is 1. The Balaban J connectivity index is 1.82. The van der Waals surface area contributed by atoms with Crippen LogP contribution in [0.4, 0.5) is 5.69 Å². The van der Waals surface area contributed by atoms with Gasteiger partial charge in [-0.3, -0.25) is 5.43 Å². The number of hydrogen-bond acceptors (Lipinski definition) is 3. The topological polar surface area (TPSA) is 24.4 Å². The second-order valence-corrected chi connectivity index (χ2v) is 5.93. The summed E-state index contributed by atoms with van der Waals surface area (Å²) in [6, 6.07) is 26.8. The monoisotopic (exact) mass is 318 g/mol. The maximum Gasteiger partial charge on any atom is 0.0561 e. The molecule has 0 saturated heterocycles. The van der Waals surface area contributed by atoms with Crippen LogP contribution in [-0.2, 0) is 0 Å². The Morgan fingerprint density at radius 3 is 2.26 bits per heavy atom. The summed E-state index contributed by atoms with van der Waals surface area (Å²) in [4.78, 5) is 1.27. The Morgan fingerprint density at radius 1 is 0.826 bits per heavy atom. The van der Waals surface area contributed by atoms with Crippen LogP contribution in [0.5, 0.6) is 0 Å². The molecule has 0 saturated carbocycles. The van der Waals surface area contributed by atoms with Crippen LogP contribution in [0.15, 0.2) is 88.9 Å². The first-order valence-corrected chi connectivity index (χ1v) is 8.67. The highest BCUT2D eigenvalue weighted by Crippen LogP contribution is 2.25. The standard InChI is InChI=1S/C20H18N2S/c1-23-19-13-11-16(12-14-19)20-10-6-5-7-17(20)15-21-22-18-8-3-2-4-9-18/h2-15,22H,1H3. The third kappa shape index (κ3) is 4.02. The summed E-state index contributed by atoms with van der Waals surface area (Å²) in [5.74, 6) is 0. The quantitative estimate of drug-likeness (QED) is 0.380. The lowest BCUT2D eigenvalue weighted by molar-refractivity contribution is 1.35. The highest BCUT2D eigenvalue weighted by Gasteiger charge is 2.02. The number of benzene rings is 3. The van der Waals surface area contributed by atoms with Crippen LogP contribution in [0.2, 0.25) is 0 Å². The van der Waals surface area contributed by atoms with Gasteiger partial charge in [0.15, 0.2) is 0 Å². The average molecular weight is 318 g/mol. The van der Waals surface area contributed by atoms with Crippen molar-refractivity contribution in [1.29, 1.82) is 0 Å². The Hall–Kier alpha value is -2.52. The summed E-state index contributed by atoms with van der Waals surface area (Å²) in [6.07, 6.45) is 3.95. The smallest absolute Gasteiger partial charge is 0.0561 e. The van der Waals surface area contributed by atoms with Crippen molar-refractivity contribution in [3.8, 4) is 11.1 Å². The van der Waals surface area contributed by atoms with Gasteiger partial charge in [0.05, 0.1) is 11.9 Å². The lowest BCUT2D eigenvalue weighted by Gasteiger charge is -2.07. The van der Waals surface area contributed by atoms with E-state index in [0.29, 0.717) is 0 Å². The molecule has 0 heterocycles. The zero-order valence-electron chi connectivity index (χ0n) is 12.9. The average Bonchev–Trinajstić information content (AvgIpc) is 2.63. The SMILES string of the molecule is CSc1ccc(-c2ccccc2C=NNc2ccccc2)cc1. The second-order valence-electron chi connectivity index (χ2n) is 5.05. The minimum atomic E-state index is 0.977. The number of rotatable bonds is 5. The van der Waals surface area contributed by atoms with Crippen LogP contribution in [0.3, 0.4) is 0 Å². The Labute approximate surface area is 141 Å². The maximum atomic E-state index is 4.35. The fourth-order valence-corrected chi connectivity index (χ4v) is 2.74. The molecule has 0 aliphatic rings. The third-order valence-corrected chi connectivity index (χ3v) is 4.28. The van der Waals surface area contributed by atoms with Gasteiger partial charge in [0.2, 0.25) is 0 Å². The normalized spacial score (nSPS) is 10.8. The minimum absolute atomic E-state index is 0.977. The van der Waals surface area contributed by atoms with Crippen molar-refractivity contribution in [2.45, 2.75) is 4.90 Å². The summed E-state index contributed by atoms with van der Waals surface area (Å²) >= 11 is 1.75. The third-order valence-electron chi connectivity index (χ3n) is 3.53. The molecule has 1 N–H and O–H groups in total. The van der Waals surface area contributed by atoms with Crippen LogP contribution < -0.4 is 5.43 Å². The fourth-order valence-electron chi connectivity index (χ4n) is 2.33. The number of nitrogens with zero attached hydrogens (tertiary/aromatic N) is 1. The lowest BCUT2D eigenvalue weighted by Crippen LogP contribution is -1.92. The summed E-state index contributed by atoms with van der Waals surface area (Å²) in [6.45, 7) is 0. The molecule has 0 amide bonds. The molecule has 3 heteroatoms. The molecule has 0 radical (unpaired) electrons. The van der Waals surface area contributed by atoms with Gasteiger partial charge >= 0.3 is 0 Å². The molecule has 3 aromatic rings. The number of thioether (sulfide) groups is 1. The van der Waals surface area contributed by atoms with E-state index in [1.807, 2.05) is 42.6 Å². The summed E-state index contributed by atoms with van der Waals surface area (Å²) in [5.41, 5.74) is 7.50. The maximum absolute atomic E-state index is 4.35. The van der Waals surface area contributed by atoms with Crippen molar-refractivity contribution < 1.29 is 0 Å². The van der Waals surface area contributed by atoms with Crippen LogP contribution >= 0.6 is 11.8 Å². The van der Waals surface area contributed by atoms with Gasteiger partial charge in [0, 0.05) is 10.5 Å². The van der Waals surface area contributed by atoms with Crippen LogP contribution in [0.1, 0.15) is 5.56 Å². The minimum Gasteiger partial charge on any atom is -0.279 e. The Bertz CT molecular complexity index is 780. The number of hydrazone groups is 1. The Morgan fingerprint density at radius 2 is 1.52 bits per heavy atom. The molecule has 0 bridgehead atoms. The lowest BCUT2D eigenvalue weighted by atomic mass is 10.0. The highest BCUT2D eigenvalue weighted by atomic mass is 32.2. The molecule has 0 aliphatic heterocycles. The van der Waals surface area contributed by atoms with E-state index in [1.54, 1.807) is 11.8 Å². The molecule has 3 aromatic carbocycles. The molecular weight excluding hydrogens is 300 g/mol. The van der Waals surface area contributed by atoms with Gasteiger partial charge in [-0.1, -0.05) is 54.6 Å².